The maximum atomic E-state index is 12.5. The lowest BCUT2D eigenvalue weighted by molar-refractivity contribution is -0.125. The molecule has 0 radical (unpaired) electrons. The number of imide groups is 1. The molecule has 1 aliphatic rings. The average Bonchev–Trinajstić information content (AvgIpc) is 3.27. The van der Waals surface area contributed by atoms with Gasteiger partial charge in [0.15, 0.2) is 0 Å². The van der Waals surface area contributed by atoms with E-state index < -0.39 is 6.03 Å². The van der Waals surface area contributed by atoms with Crippen molar-refractivity contribution in [1.29, 1.82) is 0 Å². The second kappa shape index (κ2) is 7.19. The van der Waals surface area contributed by atoms with Crippen LogP contribution in [0.1, 0.15) is 34.6 Å². The summed E-state index contributed by atoms with van der Waals surface area (Å²) in [5, 5.41) is 6.39. The minimum Gasteiger partial charge on any atom is -0.459 e. The standard InChI is InChI=1S/C21H19N3O4/c1-13(18-10-16-4-2-3-5-17(16)28-18)23-20(26)15-8-6-14(7-9-15)12-24-19(25)11-22-21(24)27/h2-10,13H,11-12H2,1H3,(H,22,27)(H,23,26). The molecular weight excluding hydrogens is 358 g/mol. The zero-order valence-electron chi connectivity index (χ0n) is 15.3. The fourth-order valence-electron chi connectivity index (χ4n) is 3.13. The summed E-state index contributed by atoms with van der Waals surface area (Å²) in [6.07, 6.45) is 0. The normalized spacial score (nSPS) is 15.0. The lowest BCUT2D eigenvalue weighted by atomic mass is 10.1. The highest BCUT2D eigenvalue weighted by molar-refractivity contribution is 6.01. The maximum Gasteiger partial charge on any atom is 0.324 e. The Labute approximate surface area is 161 Å². The van der Waals surface area contributed by atoms with Crippen molar-refractivity contribution in [3.63, 3.8) is 0 Å². The minimum atomic E-state index is -0.397. The topological polar surface area (TPSA) is 91.7 Å². The number of carbonyl (C=O) groups excluding carboxylic acids is 3. The molecule has 1 atom stereocenters. The number of hydrogen-bond acceptors (Lipinski definition) is 4. The summed E-state index contributed by atoms with van der Waals surface area (Å²) in [4.78, 5) is 36.9. The molecular formula is C21H19N3O4. The molecule has 2 heterocycles. The Morgan fingerprint density at radius 2 is 1.93 bits per heavy atom. The molecule has 2 N–H and O–H groups in total. The molecule has 7 heteroatoms. The van der Waals surface area contributed by atoms with Gasteiger partial charge in [-0.2, -0.15) is 0 Å². The largest absolute Gasteiger partial charge is 0.459 e. The highest BCUT2D eigenvalue weighted by Gasteiger charge is 2.28. The highest BCUT2D eigenvalue weighted by atomic mass is 16.3. The van der Waals surface area contributed by atoms with Gasteiger partial charge in [0.05, 0.1) is 19.1 Å². The Hall–Kier alpha value is -3.61. The molecule has 3 aromatic rings. The highest BCUT2D eigenvalue weighted by Crippen LogP contribution is 2.23. The number of benzene rings is 2. The van der Waals surface area contributed by atoms with Gasteiger partial charge in [-0.15, -0.1) is 0 Å². The summed E-state index contributed by atoms with van der Waals surface area (Å²) in [5.41, 5.74) is 2.04. The second-order valence-corrected chi connectivity index (χ2v) is 6.72. The fourth-order valence-corrected chi connectivity index (χ4v) is 3.13. The Morgan fingerprint density at radius 3 is 2.61 bits per heavy atom. The van der Waals surface area contributed by atoms with Gasteiger partial charge in [-0.1, -0.05) is 30.3 Å². The fraction of sp³-hybridized carbons (Fsp3) is 0.190. The van der Waals surface area contributed by atoms with Gasteiger partial charge in [-0.3, -0.25) is 14.5 Å². The van der Waals surface area contributed by atoms with Crippen LogP contribution in [0.4, 0.5) is 4.79 Å². The number of nitrogens with one attached hydrogen (secondary N) is 2. The van der Waals surface area contributed by atoms with Crippen LogP contribution in [-0.2, 0) is 11.3 Å². The first kappa shape index (κ1) is 17.8. The van der Waals surface area contributed by atoms with Crippen molar-refractivity contribution in [3.05, 3.63) is 71.5 Å². The molecule has 1 aliphatic heterocycles. The molecule has 142 valence electrons. The molecule has 1 unspecified atom stereocenters. The van der Waals surface area contributed by atoms with Gasteiger partial charge in [0.2, 0.25) is 5.91 Å². The summed E-state index contributed by atoms with van der Waals surface area (Å²) in [6, 6.07) is 15.7. The molecule has 1 aromatic heterocycles. The molecule has 0 bridgehead atoms. The van der Waals surface area contributed by atoms with E-state index in [1.807, 2.05) is 37.3 Å². The molecule has 1 saturated heterocycles. The third-order valence-electron chi connectivity index (χ3n) is 4.71. The number of fused-ring (bicyclic) bond motifs is 1. The van der Waals surface area contributed by atoms with Crippen LogP contribution >= 0.6 is 0 Å². The smallest absolute Gasteiger partial charge is 0.324 e. The van der Waals surface area contributed by atoms with Crippen LogP contribution in [0.2, 0.25) is 0 Å². The molecule has 4 rings (SSSR count). The van der Waals surface area contributed by atoms with Gasteiger partial charge in [-0.05, 0) is 36.8 Å². The number of furan rings is 1. The van der Waals surface area contributed by atoms with Gasteiger partial charge in [0.25, 0.3) is 5.91 Å². The first-order chi connectivity index (χ1) is 13.5. The molecule has 1 fully saturated rings. The third-order valence-corrected chi connectivity index (χ3v) is 4.71. The van der Waals surface area contributed by atoms with E-state index in [-0.39, 0.29) is 30.9 Å². The zero-order chi connectivity index (χ0) is 19.7. The second-order valence-electron chi connectivity index (χ2n) is 6.72. The zero-order valence-corrected chi connectivity index (χ0v) is 15.3. The van der Waals surface area contributed by atoms with Crippen molar-refractivity contribution in [3.8, 4) is 0 Å². The predicted molar refractivity (Wildman–Crippen MR) is 102 cm³/mol. The van der Waals surface area contributed by atoms with E-state index in [9.17, 15) is 14.4 Å². The van der Waals surface area contributed by atoms with Crippen LogP contribution in [0.3, 0.4) is 0 Å². The maximum absolute atomic E-state index is 12.5. The van der Waals surface area contributed by atoms with E-state index in [2.05, 4.69) is 10.6 Å². The SMILES string of the molecule is CC(NC(=O)c1ccc(CN2C(=O)CNC2=O)cc1)c1cc2ccccc2o1. The lowest BCUT2D eigenvalue weighted by Crippen LogP contribution is -2.30. The van der Waals surface area contributed by atoms with E-state index in [1.165, 1.54) is 0 Å². The van der Waals surface area contributed by atoms with Crippen molar-refractivity contribution in [2.24, 2.45) is 0 Å². The molecule has 4 amide bonds. The van der Waals surface area contributed by atoms with Crippen LogP contribution in [-0.4, -0.2) is 29.3 Å². The number of para-hydroxylation sites is 1. The van der Waals surface area contributed by atoms with Crippen LogP contribution in [0.25, 0.3) is 11.0 Å². The molecule has 0 aliphatic carbocycles. The lowest BCUT2D eigenvalue weighted by Gasteiger charge is -2.14. The van der Waals surface area contributed by atoms with Gasteiger partial charge in [-0.25, -0.2) is 4.79 Å². The van der Waals surface area contributed by atoms with Gasteiger partial charge < -0.3 is 15.1 Å². The van der Waals surface area contributed by atoms with Crippen LogP contribution in [0.15, 0.2) is 59.0 Å². The van der Waals surface area contributed by atoms with E-state index in [0.717, 1.165) is 21.4 Å². The molecule has 7 nitrogen and oxygen atoms in total. The molecule has 0 saturated carbocycles. The Bertz CT molecular complexity index is 1010. The van der Waals surface area contributed by atoms with Crippen molar-refractivity contribution >= 4 is 28.8 Å². The monoisotopic (exact) mass is 377 g/mol. The summed E-state index contributed by atoms with van der Waals surface area (Å²) < 4.78 is 5.79. The minimum absolute atomic E-state index is 0.0268. The van der Waals surface area contributed by atoms with E-state index in [1.54, 1.807) is 24.3 Å². The summed E-state index contributed by atoms with van der Waals surface area (Å²) in [6.45, 7) is 2.07. The third kappa shape index (κ3) is 3.46. The Kier molecular flexibility index (Phi) is 4.57. The van der Waals surface area contributed by atoms with E-state index in [4.69, 9.17) is 4.42 Å². The summed E-state index contributed by atoms with van der Waals surface area (Å²) in [5.74, 6) is 0.200. The number of hydrogen-bond donors (Lipinski definition) is 2. The Morgan fingerprint density at radius 1 is 1.18 bits per heavy atom. The van der Waals surface area contributed by atoms with Crippen molar-refractivity contribution in [2.75, 3.05) is 6.54 Å². The quantitative estimate of drug-likeness (QED) is 0.669. The Balaban J connectivity index is 1.41. The summed E-state index contributed by atoms with van der Waals surface area (Å²) in [7, 11) is 0. The van der Waals surface area contributed by atoms with Crippen LogP contribution in [0.5, 0.6) is 0 Å². The number of amides is 4. The average molecular weight is 377 g/mol. The van der Waals surface area contributed by atoms with Gasteiger partial charge >= 0.3 is 6.03 Å². The number of carbonyl (C=O) groups is 3. The van der Waals surface area contributed by atoms with Gasteiger partial charge in [0, 0.05) is 10.9 Å². The first-order valence-corrected chi connectivity index (χ1v) is 8.98. The first-order valence-electron chi connectivity index (χ1n) is 8.98. The molecule has 2 aromatic carbocycles. The van der Waals surface area contributed by atoms with E-state index in [0.29, 0.717) is 11.3 Å². The van der Waals surface area contributed by atoms with Crippen molar-refractivity contribution in [2.45, 2.75) is 19.5 Å². The van der Waals surface area contributed by atoms with Gasteiger partial charge in [0.1, 0.15) is 11.3 Å². The molecule has 0 spiro atoms. The van der Waals surface area contributed by atoms with Crippen molar-refractivity contribution < 1.29 is 18.8 Å². The summed E-state index contributed by atoms with van der Waals surface area (Å²) >= 11 is 0. The van der Waals surface area contributed by atoms with Crippen molar-refractivity contribution in [1.82, 2.24) is 15.5 Å². The van der Waals surface area contributed by atoms with Crippen LogP contribution in [0, 0.1) is 0 Å². The molecule has 28 heavy (non-hydrogen) atoms. The predicted octanol–water partition coefficient (Wildman–Crippen LogP) is 2.98. The number of urea groups is 1. The number of rotatable bonds is 5. The van der Waals surface area contributed by atoms with E-state index >= 15 is 0 Å². The number of nitrogens with zero attached hydrogens (tertiary/aromatic N) is 1. The van der Waals surface area contributed by atoms with Crippen LogP contribution < -0.4 is 10.6 Å².